The summed E-state index contributed by atoms with van der Waals surface area (Å²) in [7, 11) is 0. The Morgan fingerprint density at radius 2 is 2.39 bits per heavy atom. The molecule has 0 radical (unpaired) electrons. The third kappa shape index (κ3) is 2.23. The normalized spacial score (nSPS) is 34.0. The lowest BCUT2D eigenvalue weighted by molar-refractivity contribution is -0.116. The summed E-state index contributed by atoms with van der Waals surface area (Å²) < 4.78 is 11.4. The van der Waals surface area contributed by atoms with Crippen molar-refractivity contribution in [3.63, 3.8) is 0 Å². The van der Waals surface area contributed by atoms with Crippen molar-refractivity contribution in [1.82, 2.24) is 0 Å². The van der Waals surface area contributed by atoms with E-state index in [-0.39, 0.29) is 11.7 Å². The van der Waals surface area contributed by atoms with Gasteiger partial charge in [0.15, 0.2) is 0 Å². The largest absolute Gasteiger partial charge is 0.387 e. The van der Waals surface area contributed by atoms with E-state index >= 15 is 0 Å². The van der Waals surface area contributed by atoms with Crippen LogP contribution in [0.25, 0.3) is 0 Å². The maximum absolute atomic E-state index is 10.6. The topological polar surface area (TPSA) is 38.7 Å². The number of aliphatic hydroxyl groups excluding tert-OH is 1. The average Bonchev–Trinajstić information content (AvgIpc) is 2.98. The van der Waals surface area contributed by atoms with Crippen LogP contribution in [0.4, 0.5) is 0 Å². The van der Waals surface area contributed by atoms with Crippen LogP contribution in [-0.4, -0.2) is 30.5 Å². The Labute approximate surface area is 112 Å². The van der Waals surface area contributed by atoms with Crippen molar-refractivity contribution in [3.05, 3.63) is 21.9 Å². The molecule has 1 N–H and O–H groups in total. The smallest absolute Gasteiger partial charge is 0.0940 e. The second-order valence-electron chi connectivity index (χ2n) is 5.50. The molecule has 3 unspecified atom stereocenters. The van der Waals surface area contributed by atoms with Crippen LogP contribution in [0, 0.1) is 12.8 Å². The Balaban J connectivity index is 1.74. The summed E-state index contributed by atoms with van der Waals surface area (Å²) in [6, 6.07) is 2.08. The van der Waals surface area contributed by atoms with Gasteiger partial charge >= 0.3 is 0 Å². The molecule has 3 rings (SSSR count). The monoisotopic (exact) mass is 268 g/mol. The molecule has 1 aromatic heterocycles. The van der Waals surface area contributed by atoms with Crippen molar-refractivity contribution in [2.75, 3.05) is 19.8 Å². The molecule has 4 heteroatoms. The quantitative estimate of drug-likeness (QED) is 0.896. The molecule has 2 fully saturated rings. The summed E-state index contributed by atoms with van der Waals surface area (Å²) in [5.41, 5.74) is 1.09. The third-order valence-electron chi connectivity index (χ3n) is 4.22. The lowest BCUT2D eigenvalue weighted by Gasteiger charge is -2.38. The summed E-state index contributed by atoms with van der Waals surface area (Å²) in [5.74, 6) is 0.304. The molecule has 0 bridgehead atoms. The number of rotatable bonds is 2. The minimum absolute atomic E-state index is 0.116. The van der Waals surface area contributed by atoms with Crippen LogP contribution < -0.4 is 0 Å². The van der Waals surface area contributed by atoms with Gasteiger partial charge in [-0.1, -0.05) is 0 Å². The van der Waals surface area contributed by atoms with Gasteiger partial charge in [0.25, 0.3) is 0 Å². The van der Waals surface area contributed by atoms with E-state index in [0.29, 0.717) is 12.5 Å². The third-order valence-corrected chi connectivity index (χ3v) is 5.30. The first kappa shape index (κ1) is 12.6. The lowest BCUT2D eigenvalue weighted by atomic mass is 9.81. The fourth-order valence-corrected chi connectivity index (χ4v) is 4.10. The highest BCUT2D eigenvalue weighted by Crippen LogP contribution is 2.42. The molecule has 18 heavy (non-hydrogen) atoms. The molecule has 1 spiro atoms. The highest BCUT2D eigenvalue weighted by molar-refractivity contribution is 7.10. The summed E-state index contributed by atoms with van der Waals surface area (Å²) in [5, 5.41) is 12.6. The van der Waals surface area contributed by atoms with Crippen LogP contribution in [-0.2, 0) is 9.47 Å². The lowest BCUT2D eigenvalue weighted by Crippen LogP contribution is -2.41. The van der Waals surface area contributed by atoms with Crippen molar-refractivity contribution in [3.8, 4) is 0 Å². The fraction of sp³-hybridized carbons (Fsp3) is 0.714. The second kappa shape index (κ2) is 4.93. The van der Waals surface area contributed by atoms with Gasteiger partial charge in [-0.2, -0.15) is 0 Å². The molecule has 0 aromatic carbocycles. The fourth-order valence-electron chi connectivity index (χ4n) is 3.10. The predicted octanol–water partition coefficient (Wildman–Crippen LogP) is 2.68. The number of ether oxygens (including phenoxy) is 2. The van der Waals surface area contributed by atoms with Gasteiger partial charge in [0, 0.05) is 24.5 Å². The highest BCUT2D eigenvalue weighted by Gasteiger charge is 2.43. The number of thiophene rings is 1. The number of aryl methyl sites for hydroxylation is 1. The van der Waals surface area contributed by atoms with Gasteiger partial charge in [-0.3, -0.25) is 0 Å². The van der Waals surface area contributed by atoms with Crippen LogP contribution in [0.2, 0.25) is 0 Å². The molecule has 0 saturated carbocycles. The first-order chi connectivity index (χ1) is 8.70. The molecule has 3 atom stereocenters. The molecule has 2 aliphatic heterocycles. The van der Waals surface area contributed by atoms with Gasteiger partial charge in [0.2, 0.25) is 0 Å². The van der Waals surface area contributed by atoms with E-state index in [1.165, 1.54) is 5.56 Å². The van der Waals surface area contributed by atoms with E-state index in [1.807, 2.05) is 0 Å². The Bertz CT molecular complexity index is 409. The van der Waals surface area contributed by atoms with Crippen molar-refractivity contribution in [2.24, 2.45) is 5.92 Å². The maximum Gasteiger partial charge on any atom is 0.0940 e. The van der Waals surface area contributed by atoms with Gasteiger partial charge in [-0.05, 0) is 42.7 Å². The number of hydrogen-bond donors (Lipinski definition) is 1. The predicted molar refractivity (Wildman–Crippen MR) is 70.9 cm³/mol. The standard InChI is InChI=1S/C14H20O3S/c1-10-3-7-18-13(10)12(15)11-2-5-17-14(8-11)4-6-16-9-14/h3,7,11-12,15H,2,4-6,8-9H2,1H3. The SMILES string of the molecule is Cc1ccsc1C(O)C1CCOC2(CCOC2)C1. The Kier molecular flexibility index (Phi) is 3.45. The van der Waals surface area contributed by atoms with Gasteiger partial charge in [0.1, 0.15) is 0 Å². The maximum atomic E-state index is 10.6. The minimum Gasteiger partial charge on any atom is -0.387 e. The van der Waals surface area contributed by atoms with Crippen LogP contribution in [0.5, 0.6) is 0 Å². The van der Waals surface area contributed by atoms with Crippen LogP contribution in [0.1, 0.15) is 35.8 Å². The Morgan fingerprint density at radius 1 is 1.50 bits per heavy atom. The van der Waals surface area contributed by atoms with E-state index in [2.05, 4.69) is 18.4 Å². The minimum atomic E-state index is -0.341. The summed E-state index contributed by atoms with van der Waals surface area (Å²) in [6.07, 6.45) is 2.50. The number of aliphatic hydroxyl groups is 1. The molecule has 2 aliphatic rings. The molecular formula is C14H20O3S. The van der Waals surface area contributed by atoms with Gasteiger partial charge in [-0.15, -0.1) is 11.3 Å². The zero-order valence-corrected chi connectivity index (χ0v) is 11.5. The summed E-state index contributed by atoms with van der Waals surface area (Å²) in [4.78, 5) is 1.12. The molecule has 100 valence electrons. The van der Waals surface area contributed by atoms with E-state index < -0.39 is 0 Å². The van der Waals surface area contributed by atoms with Gasteiger partial charge in [-0.25, -0.2) is 0 Å². The molecule has 2 saturated heterocycles. The van der Waals surface area contributed by atoms with Gasteiger partial charge < -0.3 is 14.6 Å². The van der Waals surface area contributed by atoms with E-state index in [9.17, 15) is 5.11 Å². The van der Waals surface area contributed by atoms with Crippen molar-refractivity contribution in [2.45, 2.75) is 37.9 Å². The zero-order chi connectivity index (χ0) is 12.6. The first-order valence-electron chi connectivity index (χ1n) is 6.64. The Morgan fingerprint density at radius 3 is 3.06 bits per heavy atom. The van der Waals surface area contributed by atoms with Gasteiger partial charge in [0.05, 0.1) is 18.3 Å². The second-order valence-corrected chi connectivity index (χ2v) is 6.45. The van der Waals surface area contributed by atoms with Crippen LogP contribution in [0.3, 0.4) is 0 Å². The van der Waals surface area contributed by atoms with Crippen molar-refractivity contribution in [1.29, 1.82) is 0 Å². The van der Waals surface area contributed by atoms with E-state index in [4.69, 9.17) is 9.47 Å². The number of hydrogen-bond acceptors (Lipinski definition) is 4. The molecular weight excluding hydrogens is 248 g/mol. The highest BCUT2D eigenvalue weighted by atomic mass is 32.1. The van der Waals surface area contributed by atoms with Crippen LogP contribution >= 0.6 is 11.3 Å². The molecule has 1 aromatic rings. The molecule has 3 nitrogen and oxygen atoms in total. The average molecular weight is 268 g/mol. The first-order valence-corrected chi connectivity index (χ1v) is 7.52. The molecule has 0 aliphatic carbocycles. The molecule has 0 amide bonds. The van der Waals surface area contributed by atoms with Crippen LogP contribution in [0.15, 0.2) is 11.4 Å². The van der Waals surface area contributed by atoms with Crippen molar-refractivity contribution < 1.29 is 14.6 Å². The summed E-state index contributed by atoms with van der Waals surface area (Å²) >= 11 is 1.66. The zero-order valence-electron chi connectivity index (χ0n) is 10.7. The van der Waals surface area contributed by atoms with Crippen molar-refractivity contribution >= 4 is 11.3 Å². The van der Waals surface area contributed by atoms with E-state index in [0.717, 1.165) is 37.4 Å². The van der Waals surface area contributed by atoms with E-state index in [1.54, 1.807) is 11.3 Å². The summed E-state index contributed by atoms with van der Waals surface area (Å²) in [6.45, 7) is 4.30. The molecule has 3 heterocycles. The Hall–Kier alpha value is -0.420.